The van der Waals surface area contributed by atoms with E-state index in [1.54, 1.807) is 18.2 Å². The minimum atomic E-state index is -2.73. The Kier molecular flexibility index (Phi) is 8.80. The van der Waals surface area contributed by atoms with Crippen molar-refractivity contribution >= 4 is 54.5 Å². The summed E-state index contributed by atoms with van der Waals surface area (Å²) in [5, 5.41) is 8.02. The van der Waals surface area contributed by atoms with Crippen molar-refractivity contribution in [3.8, 4) is 5.75 Å². The summed E-state index contributed by atoms with van der Waals surface area (Å²) in [6, 6.07) is 15.8. The molecule has 3 amide bonds. The maximum Gasteiger partial charge on any atom is 0.272 e. The number of benzene rings is 3. The first-order valence-electron chi connectivity index (χ1n) is 10.5. The summed E-state index contributed by atoms with van der Waals surface area (Å²) in [7, 11) is 1.90. The number of amides is 3. The molecule has 0 bridgehead atoms. The maximum atomic E-state index is 12.9. The van der Waals surface area contributed by atoms with Crippen molar-refractivity contribution in [1.29, 1.82) is 0 Å². The van der Waals surface area contributed by atoms with Gasteiger partial charge in [-0.3, -0.25) is 14.4 Å². The lowest BCUT2D eigenvalue weighted by atomic mass is 9.96. The number of hydrogen-bond acceptors (Lipinski definition) is 4. The van der Waals surface area contributed by atoms with Gasteiger partial charge < -0.3 is 20.7 Å². The number of alkyl halides is 2. The molecule has 0 aliphatic carbocycles. The first kappa shape index (κ1) is 25.7. The number of hydrogen-bond donors (Lipinski definition) is 3. The fourth-order valence-corrected chi connectivity index (χ4v) is 3.32. The smallest absolute Gasteiger partial charge is 0.272 e. The van der Waals surface area contributed by atoms with E-state index < -0.39 is 24.8 Å². The number of ether oxygens (including phenoxy) is 1. The Balaban J connectivity index is 1.86. The molecule has 0 atom stereocenters. The fraction of sp³-hybridized carbons (Fsp3) is 0.125. The molecule has 0 unspecified atom stereocenters. The van der Waals surface area contributed by atoms with E-state index in [-0.39, 0.29) is 34.1 Å². The number of halogens is 3. The summed E-state index contributed by atoms with van der Waals surface area (Å²) in [5.74, 6) is -1.23. The molecule has 180 valence electrons. The molecule has 0 aliphatic heterocycles. The molecule has 3 aromatic carbocycles. The van der Waals surface area contributed by atoms with Crippen molar-refractivity contribution in [2.75, 3.05) is 17.2 Å². The molecule has 3 rings (SSSR count). The zero-order valence-electron chi connectivity index (χ0n) is 18.6. The van der Waals surface area contributed by atoms with Crippen molar-refractivity contribution in [2.45, 2.75) is 13.0 Å². The Hall–Kier alpha value is -3.92. The Morgan fingerprint density at radius 3 is 2.29 bits per heavy atom. The number of nitrogens with one attached hydrogen (secondary N) is 3. The highest BCUT2D eigenvalue weighted by Crippen LogP contribution is 2.26. The summed E-state index contributed by atoms with van der Waals surface area (Å²) < 4.78 is 30.5. The molecular formula is C24H21BClF2N3O4. The molecule has 0 saturated heterocycles. The van der Waals surface area contributed by atoms with Gasteiger partial charge in [0.2, 0.25) is 6.41 Å². The van der Waals surface area contributed by atoms with Crippen LogP contribution in [-0.2, 0) is 11.3 Å². The van der Waals surface area contributed by atoms with Gasteiger partial charge in [0, 0.05) is 17.9 Å². The second-order valence-electron chi connectivity index (χ2n) is 7.50. The van der Waals surface area contributed by atoms with Crippen LogP contribution in [0.4, 0.5) is 20.2 Å². The molecule has 11 heteroatoms. The molecule has 7 nitrogen and oxygen atoms in total. The molecule has 0 saturated carbocycles. The zero-order chi connectivity index (χ0) is 25.4. The Bertz CT molecular complexity index is 1230. The third-order valence-electron chi connectivity index (χ3n) is 4.82. The van der Waals surface area contributed by atoms with E-state index in [1.807, 2.05) is 20.0 Å². The monoisotopic (exact) mass is 499 g/mol. The standard InChI is InChI=1S/C24H21BClF2N3O4/c25-15-2-4-16(5-3-15)30-24(34)19-10-17(6-8-21(19)35-12-22(27)28)31-23(33)18-9-14(11-29-13-32)1-7-20(18)26/h1-10,13,22H,11-12,25H2,(H,29,32)(H,30,34)(H,31,33). The Labute approximate surface area is 206 Å². The van der Waals surface area contributed by atoms with Gasteiger partial charge in [-0.15, -0.1) is 0 Å². The highest BCUT2D eigenvalue weighted by Gasteiger charge is 2.18. The second kappa shape index (κ2) is 12.0. The van der Waals surface area contributed by atoms with Crippen LogP contribution < -0.4 is 26.2 Å². The average molecular weight is 500 g/mol. The molecule has 3 aromatic rings. The number of carbonyl (C=O) groups is 3. The van der Waals surface area contributed by atoms with Gasteiger partial charge in [-0.05, 0) is 48.0 Å². The van der Waals surface area contributed by atoms with Crippen LogP contribution in [0.15, 0.2) is 60.7 Å². The van der Waals surface area contributed by atoms with E-state index in [2.05, 4.69) is 16.0 Å². The average Bonchev–Trinajstić information content (AvgIpc) is 2.83. The Morgan fingerprint density at radius 2 is 1.60 bits per heavy atom. The van der Waals surface area contributed by atoms with Crippen molar-refractivity contribution in [3.63, 3.8) is 0 Å². The van der Waals surface area contributed by atoms with Gasteiger partial charge >= 0.3 is 0 Å². The van der Waals surface area contributed by atoms with Gasteiger partial charge in [-0.2, -0.15) is 0 Å². The van der Waals surface area contributed by atoms with E-state index in [4.69, 9.17) is 16.3 Å². The third kappa shape index (κ3) is 7.28. The van der Waals surface area contributed by atoms with E-state index in [0.29, 0.717) is 17.7 Å². The van der Waals surface area contributed by atoms with Crippen LogP contribution in [0.1, 0.15) is 26.3 Å². The van der Waals surface area contributed by atoms with E-state index >= 15 is 0 Å². The van der Waals surface area contributed by atoms with Crippen molar-refractivity contribution < 1.29 is 27.9 Å². The van der Waals surface area contributed by atoms with Gasteiger partial charge in [0.05, 0.1) is 16.1 Å². The molecule has 0 heterocycles. The van der Waals surface area contributed by atoms with Crippen molar-refractivity contribution in [1.82, 2.24) is 5.32 Å². The lowest BCUT2D eigenvalue weighted by Crippen LogP contribution is -2.18. The Morgan fingerprint density at radius 1 is 0.943 bits per heavy atom. The lowest BCUT2D eigenvalue weighted by Gasteiger charge is -2.14. The first-order valence-corrected chi connectivity index (χ1v) is 10.8. The first-order chi connectivity index (χ1) is 16.8. The highest BCUT2D eigenvalue weighted by atomic mass is 35.5. The summed E-state index contributed by atoms with van der Waals surface area (Å²) in [6.45, 7) is -0.686. The normalized spacial score (nSPS) is 10.5. The number of anilines is 2. The molecule has 0 fully saturated rings. The van der Waals surface area contributed by atoms with Gasteiger partial charge in [0.15, 0.2) is 0 Å². The van der Waals surface area contributed by atoms with E-state index in [9.17, 15) is 23.2 Å². The van der Waals surface area contributed by atoms with E-state index in [1.165, 1.54) is 30.3 Å². The summed E-state index contributed by atoms with van der Waals surface area (Å²) in [5.41, 5.74) is 2.49. The predicted octanol–water partition coefficient (Wildman–Crippen LogP) is 2.99. The molecule has 0 aromatic heterocycles. The van der Waals surface area contributed by atoms with Crippen LogP contribution >= 0.6 is 11.6 Å². The van der Waals surface area contributed by atoms with Crippen LogP contribution in [0, 0.1) is 0 Å². The van der Waals surface area contributed by atoms with E-state index in [0.717, 1.165) is 5.46 Å². The topological polar surface area (TPSA) is 96.5 Å². The predicted molar refractivity (Wildman–Crippen MR) is 133 cm³/mol. The molecule has 3 N–H and O–H groups in total. The number of rotatable bonds is 10. The molecular weight excluding hydrogens is 479 g/mol. The van der Waals surface area contributed by atoms with Gasteiger partial charge in [0.25, 0.3) is 18.2 Å². The minimum absolute atomic E-state index is 0.0425. The zero-order valence-corrected chi connectivity index (χ0v) is 19.4. The van der Waals surface area contributed by atoms with Crippen LogP contribution in [0.3, 0.4) is 0 Å². The molecule has 0 aliphatic rings. The second-order valence-corrected chi connectivity index (χ2v) is 7.91. The minimum Gasteiger partial charge on any atom is -0.487 e. The largest absolute Gasteiger partial charge is 0.487 e. The number of carbonyl (C=O) groups excluding carboxylic acids is 3. The molecule has 0 spiro atoms. The quantitative estimate of drug-likeness (QED) is 0.295. The van der Waals surface area contributed by atoms with Gasteiger partial charge in [-0.25, -0.2) is 8.78 Å². The van der Waals surface area contributed by atoms with Gasteiger partial charge in [0.1, 0.15) is 20.2 Å². The summed E-state index contributed by atoms with van der Waals surface area (Å²) in [6.07, 6.45) is -2.19. The van der Waals surface area contributed by atoms with Crippen LogP contribution in [0.25, 0.3) is 0 Å². The molecule has 35 heavy (non-hydrogen) atoms. The summed E-state index contributed by atoms with van der Waals surface area (Å²) in [4.78, 5) is 36.3. The highest BCUT2D eigenvalue weighted by molar-refractivity contribution is 6.34. The maximum absolute atomic E-state index is 12.9. The SMILES string of the molecule is Bc1ccc(NC(=O)c2cc(NC(=O)c3cc(CNC=O)ccc3Cl)ccc2OCC(F)F)cc1. The van der Waals surface area contributed by atoms with Crippen LogP contribution in [-0.4, -0.2) is 39.1 Å². The fourth-order valence-electron chi connectivity index (χ4n) is 3.11. The van der Waals surface area contributed by atoms with Crippen molar-refractivity contribution in [2.24, 2.45) is 0 Å². The third-order valence-corrected chi connectivity index (χ3v) is 5.15. The van der Waals surface area contributed by atoms with Crippen molar-refractivity contribution in [3.05, 3.63) is 82.4 Å². The van der Waals surface area contributed by atoms with Crippen LogP contribution in [0.5, 0.6) is 5.75 Å². The lowest BCUT2D eigenvalue weighted by molar-refractivity contribution is -0.109. The van der Waals surface area contributed by atoms with Crippen LogP contribution in [0.2, 0.25) is 5.02 Å². The molecule has 0 radical (unpaired) electrons. The van der Waals surface area contributed by atoms with Gasteiger partial charge in [-0.1, -0.05) is 35.3 Å². The summed E-state index contributed by atoms with van der Waals surface area (Å²) >= 11 is 6.16.